The van der Waals surface area contributed by atoms with Gasteiger partial charge < -0.3 is 19.7 Å². The second kappa shape index (κ2) is 22.4. The van der Waals surface area contributed by atoms with Crippen molar-refractivity contribution in [3.05, 3.63) is 134 Å². The number of nitrogens with zero attached hydrogens (tertiary/aromatic N) is 8. The molecule has 3 atom stereocenters. The Balaban J connectivity index is 0.000000218. The van der Waals surface area contributed by atoms with Crippen LogP contribution >= 0.6 is 77.7 Å². The Hall–Kier alpha value is -4.40. The average Bonchev–Trinajstić information content (AvgIpc) is 3.99. The molecule has 4 aromatic heterocycles. The number of halogens is 4. The molecule has 0 aliphatic carbocycles. The summed E-state index contributed by atoms with van der Waals surface area (Å²) in [5.74, 6) is 1.71. The maximum absolute atomic E-state index is 12.8. The number of thiophene rings is 2. The van der Waals surface area contributed by atoms with Gasteiger partial charge in [-0.25, -0.2) is 0 Å². The zero-order valence-electron chi connectivity index (χ0n) is 37.0. The molecule has 0 spiro atoms. The van der Waals surface area contributed by atoms with Crippen molar-refractivity contribution >= 4 is 101 Å². The Labute approximate surface area is 424 Å². The van der Waals surface area contributed by atoms with E-state index in [0.29, 0.717) is 30.7 Å². The number of ether oxygens (including phenoxy) is 2. The molecular weight excluding hydrogens is 1070 g/mol. The number of fused-ring (bicyclic) bond motifs is 6. The van der Waals surface area contributed by atoms with Crippen LogP contribution in [0.2, 0.25) is 10.0 Å². The molecule has 6 aromatic rings. The molecule has 6 heterocycles. The second-order valence-corrected chi connectivity index (χ2v) is 21.0. The summed E-state index contributed by atoms with van der Waals surface area (Å²) in [6.45, 7) is 13.9. The summed E-state index contributed by atoms with van der Waals surface area (Å²) in [7, 11) is 0. The molecule has 0 saturated carbocycles. The van der Waals surface area contributed by atoms with Crippen molar-refractivity contribution in [3.63, 3.8) is 0 Å². The number of aliphatic hydroxyl groups excluding tert-OH is 2. The fraction of sp³-hybridized carbons (Fsp3) is 0.362. The Morgan fingerprint density at radius 1 is 0.687 bits per heavy atom. The number of aryl methyl sites for hydroxylation is 4. The molecular formula is C47H50Br2Cl2N8O6S2. The van der Waals surface area contributed by atoms with E-state index in [9.17, 15) is 19.8 Å². The lowest BCUT2D eigenvalue weighted by Crippen LogP contribution is -2.17. The van der Waals surface area contributed by atoms with E-state index < -0.39 is 18.1 Å². The summed E-state index contributed by atoms with van der Waals surface area (Å²) < 4.78 is 15.9. The summed E-state index contributed by atoms with van der Waals surface area (Å²) in [6, 6.07) is 13.9. The normalized spacial score (nSPS) is 15.7. The van der Waals surface area contributed by atoms with Crippen molar-refractivity contribution in [1.82, 2.24) is 29.5 Å². The lowest BCUT2D eigenvalue weighted by molar-refractivity contribution is -0.146. The summed E-state index contributed by atoms with van der Waals surface area (Å²) >= 11 is 22.1. The first-order valence-electron chi connectivity index (χ1n) is 20.8. The molecule has 2 aliphatic rings. The highest BCUT2D eigenvalue weighted by Gasteiger charge is 2.34. The number of carbonyl (C=O) groups is 2. The predicted octanol–water partition coefficient (Wildman–Crippen LogP) is 10.7. The summed E-state index contributed by atoms with van der Waals surface area (Å²) in [6.07, 6.45) is 0.0135. The lowest BCUT2D eigenvalue weighted by Gasteiger charge is -2.14. The molecule has 1 unspecified atom stereocenters. The standard InChI is InChI=1S/C23H21Br2ClN4O3S.C23H25ClN4O3S.CH4/c1-11-12(2)34-23-20(11)21(14-4-6-15(26)7-5-14)27-18(22-29-28-13(3)30(22)23)8-19(32)33-10-17(25)16(24)9-31;1-12(10-29)11-31-19(30)9-18-22-27-26-15(4)28(22)23-20(13(2)14(3)32-23)21(25-18)16-5-7-17(24)8-6-16;/h4-7,18,31H,8-10H2,1-3H3;5-8,12,18,29H,9-11H2,1-4H3;1H4/b17-16+;;/t18-;12?,18-;/m00./s1. The lowest BCUT2D eigenvalue weighted by atomic mass is 9.99. The van der Waals surface area contributed by atoms with Crippen molar-refractivity contribution in [2.24, 2.45) is 15.9 Å². The number of carbonyl (C=O) groups excluding carboxylic acids is 2. The van der Waals surface area contributed by atoms with E-state index in [2.05, 4.69) is 79.9 Å². The van der Waals surface area contributed by atoms with Crippen LogP contribution in [0.1, 0.15) is 106 Å². The smallest absolute Gasteiger partial charge is 0.308 e. The van der Waals surface area contributed by atoms with Gasteiger partial charge >= 0.3 is 11.9 Å². The van der Waals surface area contributed by atoms with Gasteiger partial charge in [-0.05, 0) is 76.9 Å². The van der Waals surface area contributed by atoms with Crippen molar-refractivity contribution in [2.75, 3.05) is 26.4 Å². The summed E-state index contributed by atoms with van der Waals surface area (Å²) in [4.78, 5) is 37.9. The van der Waals surface area contributed by atoms with Gasteiger partial charge in [-0.1, -0.05) is 93.7 Å². The summed E-state index contributed by atoms with van der Waals surface area (Å²) in [5.41, 5.74) is 7.67. The molecule has 0 radical (unpaired) electrons. The molecule has 2 aliphatic heterocycles. The van der Waals surface area contributed by atoms with Crippen molar-refractivity contribution in [2.45, 2.75) is 80.8 Å². The first-order chi connectivity index (χ1) is 31.5. The Kier molecular flexibility index (Phi) is 17.3. The van der Waals surface area contributed by atoms with E-state index in [1.165, 1.54) is 9.75 Å². The van der Waals surface area contributed by atoms with Gasteiger partial charge in [-0.3, -0.25) is 28.7 Å². The molecule has 0 amide bonds. The third kappa shape index (κ3) is 11.2. The Morgan fingerprint density at radius 2 is 1.10 bits per heavy atom. The molecule has 2 aromatic carbocycles. The van der Waals surface area contributed by atoms with E-state index in [-0.39, 0.29) is 58.6 Å². The van der Waals surface area contributed by atoms with Gasteiger partial charge in [-0.15, -0.1) is 43.1 Å². The number of aliphatic imine (C=N–C) groups is 2. The first-order valence-corrected chi connectivity index (χ1v) is 24.8. The fourth-order valence-electron chi connectivity index (χ4n) is 7.29. The number of hydrogen-bond acceptors (Lipinski definition) is 14. The number of hydrogen-bond donors (Lipinski definition) is 2. The SMILES string of the molecule is C.Cc1sc2c(c1C)C(c1ccc(Cl)cc1)=N[C@@H](CC(=O)OC/C(Br)=C(\Br)CO)c1nnc(C)n1-2.Cc1sc2c(c1C)C(c1ccc(Cl)cc1)=N[C@@H](CC(=O)OCC(C)CO)c1nnc(C)n1-2. The van der Waals surface area contributed by atoms with Crippen LogP contribution in [0.3, 0.4) is 0 Å². The number of aromatic nitrogens is 6. The predicted molar refractivity (Wildman–Crippen MR) is 273 cm³/mol. The number of benzene rings is 2. The molecule has 0 fully saturated rings. The molecule has 67 heavy (non-hydrogen) atoms. The van der Waals surface area contributed by atoms with Crippen LogP contribution in [0.4, 0.5) is 0 Å². The fourth-order valence-corrected chi connectivity index (χ4v) is 10.3. The molecule has 14 nitrogen and oxygen atoms in total. The zero-order valence-corrected chi connectivity index (χ0v) is 43.3. The third-order valence-corrected chi connectivity index (χ3v) is 15.9. The Bertz CT molecular complexity index is 2890. The van der Waals surface area contributed by atoms with E-state index in [0.717, 1.165) is 66.5 Å². The van der Waals surface area contributed by atoms with Gasteiger partial charge in [0.25, 0.3) is 0 Å². The number of rotatable bonds is 12. The van der Waals surface area contributed by atoms with Crippen LogP contribution in [0.25, 0.3) is 10.0 Å². The number of aliphatic hydroxyl groups is 2. The van der Waals surface area contributed by atoms with E-state index in [4.69, 9.17) is 42.7 Å². The maximum atomic E-state index is 12.8. The zero-order chi connectivity index (χ0) is 47.6. The van der Waals surface area contributed by atoms with Gasteiger partial charge in [0.1, 0.15) is 40.3 Å². The largest absolute Gasteiger partial charge is 0.465 e. The summed E-state index contributed by atoms with van der Waals surface area (Å²) in [5, 5.41) is 39.0. The Morgan fingerprint density at radius 3 is 1.51 bits per heavy atom. The van der Waals surface area contributed by atoms with Crippen molar-refractivity contribution in [1.29, 1.82) is 0 Å². The second-order valence-electron chi connectivity index (χ2n) is 15.8. The first kappa shape index (κ1) is 52.0. The van der Waals surface area contributed by atoms with Crippen molar-refractivity contribution in [3.8, 4) is 10.0 Å². The topological polar surface area (TPSA) is 179 Å². The van der Waals surface area contributed by atoms with Crippen LogP contribution in [0.5, 0.6) is 0 Å². The van der Waals surface area contributed by atoms with Gasteiger partial charge in [0, 0.05) is 63.5 Å². The molecule has 20 heteroatoms. The van der Waals surface area contributed by atoms with Crippen LogP contribution in [0, 0.1) is 47.5 Å². The van der Waals surface area contributed by atoms with E-state index in [1.54, 1.807) is 22.7 Å². The highest BCUT2D eigenvalue weighted by atomic mass is 79.9. The van der Waals surface area contributed by atoms with Crippen LogP contribution < -0.4 is 0 Å². The monoisotopic (exact) mass is 1110 g/mol. The molecule has 354 valence electrons. The van der Waals surface area contributed by atoms with E-state index in [1.807, 2.05) is 78.4 Å². The van der Waals surface area contributed by atoms with Gasteiger partial charge in [0.05, 0.1) is 37.5 Å². The molecule has 0 bridgehead atoms. The van der Waals surface area contributed by atoms with E-state index >= 15 is 0 Å². The van der Waals surface area contributed by atoms with Crippen LogP contribution in [-0.2, 0) is 19.1 Å². The molecule has 2 N–H and O–H groups in total. The highest BCUT2D eigenvalue weighted by molar-refractivity contribution is 9.14. The molecule has 0 saturated heterocycles. The minimum absolute atomic E-state index is 0. The quantitative estimate of drug-likeness (QED) is 0.112. The van der Waals surface area contributed by atoms with Gasteiger partial charge in [0.2, 0.25) is 0 Å². The van der Waals surface area contributed by atoms with Crippen molar-refractivity contribution < 1.29 is 29.3 Å². The third-order valence-electron chi connectivity index (χ3n) is 11.1. The van der Waals surface area contributed by atoms with Crippen LogP contribution in [-0.4, -0.2) is 89.5 Å². The number of esters is 2. The highest BCUT2D eigenvalue weighted by Crippen LogP contribution is 2.41. The minimum atomic E-state index is -0.595. The maximum Gasteiger partial charge on any atom is 0.308 e. The van der Waals surface area contributed by atoms with Gasteiger partial charge in [-0.2, -0.15) is 0 Å². The minimum Gasteiger partial charge on any atom is -0.465 e. The average molecular weight is 1120 g/mol. The van der Waals surface area contributed by atoms with Crippen LogP contribution in [0.15, 0.2) is 67.5 Å². The van der Waals surface area contributed by atoms with Gasteiger partial charge in [0.15, 0.2) is 11.6 Å². The molecule has 8 rings (SSSR count).